The summed E-state index contributed by atoms with van der Waals surface area (Å²) in [6.45, 7) is 10.1. The van der Waals surface area contributed by atoms with Gasteiger partial charge in [-0.15, -0.1) is 0 Å². The van der Waals surface area contributed by atoms with Crippen molar-refractivity contribution in [3.05, 3.63) is 102 Å². The number of hydrogen-bond acceptors (Lipinski definition) is 5. The highest BCUT2D eigenvalue weighted by Crippen LogP contribution is 2.29. The van der Waals surface area contributed by atoms with Gasteiger partial charge in [-0.25, -0.2) is 17.2 Å². The second-order valence-electron chi connectivity index (χ2n) is 11.5. The Bertz CT molecular complexity index is 1590. The lowest BCUT2D eigenvalue weighted by Crippen LogP contribution is -2.56. The van der Waals surface area contributed by atoms with Gasteiger partial charge in [0.05, 0.1) is 16.5 Å². The average Bonchev–Trinajstić information content (AvgIpc) is 3.27. The third-order valence-electron chi connectivity index (χ3n) is 7.19. The molecule has 0 N–H and O–H groups in total. The minimum absolute atomic E-state index is 0.235. The number of para-hydroxylation sites is 1. The van der Waals surface area contributed by atoms with Gasteiger partial charge in [0, 0.05) is 43.7 Å². The van der Waals surface area contributed by atoms with Crippen LogP contribution in [-0.4, -0.2) is 59.6 Å². The summed E-state index contributed by atoms with van der Waals surface area (Å²) in [7, 11) is -3.88. The zero-order chi connectivity index (χ0) is 28.5. The van der Waals surface area contributed by atoms with Crippen LogP contribution in [0.15, 0.2) is 89.8 Å². The van der Waals surface area contributed by atoms with Gasteiger partial charge in [-0.1, -0.05) is 66.2 Å². The molecule has 210 valence electrons. The molecule has 1 unspecified atom stereocenters. The largest absolute Gasteiger partial charge is 0.444 e. The van der Waals surface area contributed by atoms with Crippen molar-refractivity contribution in [3.63, 3.8) is 0 Å². The monoisotopic (exact) mass is 559 g/mol. The van der Waals surface area contributed by atoms with Crippen molar-refractivity contribution < 1.29 is 17.9 Å². The van der Waals surface area contributed by atoms with E-state index in [2.05, 4.69) is 17.0 Å². The molecule has 1 amide bonds. The van der Waals surface area contributed by atoms with Gasteiger partial charge in [-0.05, 0) is 57.5 Å². The first kappa shape index (κ1) is 27.9. The van der Waals surface area contributed by atoms with E-state index in [4.69, 9.17) is 4.74 Å². The van der Waals surface area contributed by atoms with Crippen LogP contribution in [0.2, 0.25) is 0 Å². The van der Waals surface area contributed by atoms with Crippen LogP contribution in [0.3, 0.4) is 0 Å². The Morgan fingerprint density at radius 1 is 0.925 bits per heavy atom. The van der Waals surface area contributed by atoms with E-state index >= 15 is 0 Å². The summed E-state index contributed by atoms with van der Waals surface area (Å²) in [4.78, 5) is 17.7. The molecular formula is C32H37N3O4S. The molecule has 0 radical (unpaired) electrons. The number of piperazine rings is 1. The number of carbonyl (C=O) groups is 1. The number of amides is 1. The fourth-order valence-corrected chi connectivity index (χ4v) is 6.86. The molecule has 1 aromatic heterocycles. The van der Waals surface area contributed by atoms with E-state index in [0.29, 0.717) is 37.3 Å². The summed E-state index contributed by atoms with van der Waals surface area (Å²) in [5, 5.41) is 0.842. The second-order valence-corrected chi connectivity index (χ2v) is 13.3. The minimum atomic E-state index is -3.88. The zero-order valence-corrected chi connectivity index (χ0v) is 24.4. The van der Waals surface area contributed by atoms with E-state index in [9.17, 15) is 13.2 Å². The summed E-state index contributed by atoms with van der Waals surface area (Å²) in [6, 6.07) is 26.3. The molecule has 1 aliphatic rings. The van der Waals surface area contributed by atoms with Crippen molar-refractivity contribution in [2.75, 3.05) is 19.6 Å². The molecule has 1 aliphatic heterocycles. The van der Waals surface area contributed by atoms with Crippen molar-refractivity contribution >= 4 is 27.0 Å². The van der Waals surface area contributed by atoms with E-state index in [1.165, 1.54) is 9.54 Å². The van der Waals surface area contributed by atoms with Gasteiger partial charge in [0.15, 0.2) is 0 Å². The van der Waals surface area contributed by atoms with E-state index < -0.39 is 15.6 Å². The Kier molecular flexibility index (Phi) is 7.75. The number of hydrogen-bond donors (Lipinski definition) is 0. The van der Waals surface area contributed by atoms with Crippen molar-refractivity contribution in [2.24, 2.45) is 0 Å². The number of carbonyl (C=O) groups excluding carboxylic acids is 1. The van der Waals surface area contributed by atoms with Crippen LogP contribution in [0.25, 0.3) is 10.9 Å². The summed E-state index contributed by atoms with van der Waals surface area (Å²) in [6.07, 6.45) is -0.00877. The fourth-order valence-electron chi connectivity index (χ4n) is 5.31. The summed E-state index contributed by atoms with van der Waals surface area (Å²) in [5.41, 5.74) is 2.82. The lowest BCUT2D eigenvalue weighted by atomic mass is 10.1. The number of aryl methyl sites for hydroxylation is 1. The van der Waals surface area contributed by atoms with Crippen molar-refractivity contribution in [1.29, 1.82) is 0 Å². The Balaban J connectivity index is 1.53. The molecule has 5 rings (SSSR count). The lowest BCUT2D eigenvalue weighted by molar-refractivity contribution is -0.00246. The molecule has 0 saturated carbocycles. The highest BCUT2D eigenvalue weighted by atomic mass is 32.2. The lowest BCUT2D eigenvalue weighted by Gasteiger charge is -2.42. The molecule has 0 aliphatic carbocycles. The first-order valence-electron chi connectivity index (χ1n) is 13.7. The van der Waals surface area contributed by atoms with Crippen LogP contribution in [0.4, 0.5) is 4.79 Å². The maximum Gasteiger partial charge on any atom is 0.410 e. The molecule has 0 spiro atoms. The molecule has 2 heterocycles. The number of fused-ring (bicyclic) bond motifs is 1. The second kappa shape index (κ2) is 11.1. The normalized spacial score (nSPS) is 16.8. The minimum Gasteiger partial charge on any atom is -0.444 e. The van der Waals surface area contributed by atoms with Crippen molar-refractivity contribution in [3.8, 4) is 0 Å². The Hall–Kier alpha value is -3.62. The van der Waals surface area contributed by atoms with Crippen molar-refractivity contribution in [2.45, 2.75) is 57.2 Å². The number of rotatable bonds is 6. The first-order chi connectivity index (χ1) is 19.0. The average molecular weight is 560 g/mol. The van der Waals surface area contributed by atoms with Crippen LogP contribution < -0.4 is 0 Å². The van der Waals surface area contributed by atoms with Crippen LogP contribution in [-0.2, 0) is 27.7 Å². The summed E-state index contributed by atoms with van der Waals surface area (Å²) < 4.78 is 35.3. The molecule has 7 nitrogen and oxygen atoms in total. The predicted octanol–water partition coefficient (Wildman–Crippen LogP) is 5.85. The molecule has 8 heteroatoms. The summed E-state index contributed by atoms with van der Waals surface area (Å²) in [5.74, 6) is 0. The van der Waals surface area contributed by atoms with Gasteiger partial charge in [0.1, 0.15) is 5.60 Å². The van der Waals surface area contributed by atoms with Crippen LogP contribution in [0, 0.1) is 6.92 Å². The smallest absolute Gasteiger partial charge is 0.410 e. The van der Waals surface area contributed by atoms with Gasteiger partial charge >= 0.3 is 6.09 Å². The zero-order valence-electron chi connectivity index (χ0n) is 23.6. The quantitative estimate of drug-likeness (QED) is 0.296. The van der Waals surface area contributed by atoms with E-state index in [-0.39, 0.29) is 17.0 Å². The molecule has 40 heavy (non-hydrogen) atoms. The molecule has 1 saturated heterocycles. The number of aromatic nitrogens is 1. The number of benzene rings is 3. The van der Waals surface area contributed by atoms with Crippen LogP contribution in [0.1, 0.15) is 37.6 Å². The molecule has 4 aromatic rings. The highest BCUT2D eigenvalue weighted by Gasteiger charge is 2.35. The van der Waals surface area contributed by atoms with E-state index in [1.54, 1.807) is 17.0 Å². The summed E-state index contributed by atoms with van der Waals surface area (Å²) >= 11 is 0. The van der Waals surface area contributed by atoms with E-state index in [1.807, 2.05) is 88.4 Å². The standard InChI is InChI=1S/C32H37N3O4S/c1-24-14-16-29(17-15-24)40(37,38)35-27(20-26-12-8-9-13-30(26)35)21-28-23-33(22-25-10-6-5-7-11-25)18-19-34(28)31(36)39-32(2,3)4/h5-17,20,28H,18-19,21-23H2,1-4H3. The van der Waals surface area contributed by atoms with E-state index in [0.717, 1.165) is 17.5 Å². The number of nitrogens with zero attached hydrogens (tertiary/aromatic N) is 3. The van der Waals surface area contributed by atoms with Gasteiger partial charge < -0.3 is 9.64 Å². The Morgan fingerprint density at radius 3 is 2.30 bits per heavy atom. The Morgan fingerprint density at radius 2 is 1.60 bits per heavy atom. The first-order valence-corrected chi connectivity index (χ1v) is 15.1. The van der Waals surface area contributed by atoms with Gasteiger partial charge in [0.2, 0.25) is 0 Å². The fraction of sp³-hybridized carbons (Fsp3) is 0.344. The van der Waals surface area contributed by atoms with Crippen LogP contribution in [0.5, 0.6) is 0 Å². The molecule has 1 atom stereocenters. The molecule has 0 bridgehead atoms. The third kappa shape index (κ3) is 6.08. The maximum atomic E-state index is 14.0. The van der Waals surface area contributed by atoms with Gasteiger partial charge in [-0.3, -0.25) is 4.90 Å². The number of ether oxygens (including phenoxy) is 1. The predicted molar refractivity (Wildman–Crippen MR) is 158 cm³/mol. The molecule has 3 aromatic carbocycles. The van der Waals surface area contributed by atoms with Gasteiger partial charge in [-0.2, -0.15) is 0 Å². The SMILES string of the molecule is Cc1ccc(S(=O)(=O)n2c(CC3CN(Cc4ccccc4)CCN3C(=O)OC(C)(C)C)cc3ccccc32)cc1. The third-order valence-corrected chi connectivity index (χ3v) is 8.97. The van der Waals surface area contributed by atoms with Crippen LogP contribution >= 0.6 is 0 Å². The highest BCUT2D eigenvalue weighted by molar-refractivity contribution is 7.90. The molecule has 1 fully saturated rings. The topological polar surface area (TPSA) is 71.9 Å². The molecular weight excluding hydrogens is 522 g/mol. The maximum absolute atomic E-state index is 14.0. The van der Waals surface area contributed by atoms with Crippen molar-refractivity contribution in [1.82, 2.24) is 13.8 Å². The van der Waals surface area contributed by atoms with Gasteiger partial charge in [0.25, 0.3) is 10.0 Å². The Labute approximate surface area is 237 Å².